The van der Waals surface area contributed by atoms with Crippen molar-refractivity contribution in [3.8, 4) is 16.9 Å². The number of rotatable bonds is 5. The van der Waals surface area contributed by atoms with Crippen LogP contribution < -0.4 is 0 Å². The predicted molar refractivity (Wildman–Crippen MR) is 115 cm³/mol. The van der Waals surface area contributed by atoms with Gasteiger partial charge in [0.15, 0.2) is 5.16 Å². The summed E-state index contributed by atoms with van der Waals surface area (Å²) in [5, 5.41) is 1.43. The van der Waals surface area contributed by atoms with Gasteiger partial charge in [-0.2, -0.15) is 0 Å². The minimum Gasteiger partial charge on any atom is -0.459 e. The van der Waals surface area contributed by atoms with Crippen molar-refractivity contribution in [2.75, 3.05) is 5.75 Å². The van der Waals surface area contributed by atoms with Crippen molar-refractivity contribution >= 4 is 29.3 Å². The van der Waals surface area contributed by atoms with Gasteiger partial charge in [0.05, 0.1) is 23.3 Å². The smallest absolute Gasteiger partial charge is 0.316 e. The summed E-state index contributed by atoms with van der Waals surface area (Å²) in [6.45, 7) is 7.65. The van der Waals surface area contributed by atoms with Crippen LogP contribution in [0.3, 0.4) is 0 Å². The third-order valence-corrected chi connectivity index (χ3v) is 5.14. The average Bonchev–Trinajstić information content (AvgIpc) is 3.03. The molecule has 28 heavy (non-hydrogen) atoms. The summed E-state index contributed by atoms with van der Waals surface area (Å²) in [4.78, 5) is 16.8. The van der Waals surface area contributed by atoms with E-state index in [4.69, 9.17) is 16.3 Å². The number of halogens is 1. The summed E-state index contributed by atoms with van der Waals surface area (Å²) in [6, 6.07) is 15.8. The molecule has 3 rings (SSSR count). The molecule has 0 unspecified atom stereocenters. The van der Waals surface area contributed by atoms with E-state index in [1.807, 2.05) is 69.4 Å². The molecule has 0 aliphatic rings. The number of aryl methyl sites for hydroxylation is 1. The van der Waals surface area contributed by atoms with E-state index < -0.39 is 5.60 Å². The molecule has 6 heteroatoms. The number of benzene rings is 2. The third-order valence-electron chi connectivity index (χ3n) is 3.96. The SMILES string of the molecule is Cc1ccccc1-n1c(-c2ccc(Cl)cc2)cnc1SCC(=O)OC(C)(C)C. The van der Waals surface area contributed by atoms with E-state index in [2.05, 4.69) is 22.5 Å². The van der Waals surface area contributed by atoms with E-state index >= 15 is 0 Å². The first-order valence-electron chi connectivity index (χ1n) is 8.99. The van der Waals surface area contributed by atoms with Crippen LogP contribution in [-0.2, 0) is 9.53 Å². The molecule has 0 saturated heterocycles. The summed E-state index contributed by atoms with van der Waals surface area (Å²) < 4.78 is 7.50. The second-order valence-electron chi connectivity index (χ2n) is 7.43. The summed E-state index contributed by atoms with van der Waals surface area (Å²) in [5.74, 6) is -0.0647. The number of imidazole rings is 1. The highest BCUT2D eigenvalue weighted by molar-refractivity contribution is 7.99. The first kappa shape index (κ1) is 20.5. The maximum atomic E-state index is 12.2. The first-order chi connectivity index (χ1) is 13.2. The van der Waals surface area contributed by atoms with E-state index in [9.17, 15) is 4.79 Å². The number of thioether (sulfide) groups is 1. The van der Waals surface area contributed by atoms with Crippen LogP contribution in [0.1, 0.15) is 26.3 Å². The van der Waals surface area contributed by atoms with Crippen molar-refractivity contribution in [2.45, 2.75) is 38.5 Å². The second-order valence-corrected chi connectivity index (χ2v) is 8.81. The zero-order valence-corrected chi connectivity index (χ0v) is 18.0. The molecule has 1 heterocycles. The number of ether oxygens (including phenoxy) is 1. The molecule has 0 aliphatic carbocycles. The third kappa shape index (κ3) is 4.97. The van der Waals surface area contributed by atoms with E-state index in [-0.39, 0.29) is 11.7 Å². The highest BCUT2D eigenvalue weighted by Crippen LogP contribution is 2.32. The van der Waals surface area contributed by atoms with Gasteiger partial charge in [0.25, 0.3) is 0 Å². The maximum absolute atomic E-state index is 12.2. The molecule has 0 radical (unpaired) electrons. The lowest BCUT2D eigenvalue weighted by molar-refractivity contribution is -0.151. The molecule has 0 atom stereocenters. The van der Waals surface area contributed by atoms with Crippen molar-refractivity contribution in [1.82, 2.24) is 9.55 Å². The fraction of sp³-hybridized carbons (Fsp3) is 0.273. The highest BCUT2D eigenvalue weighted by Gasteiger charge is 2.20. The molecule has 0 saturated carbocycles. The summed E-state index contributed by atoms with van der Waals surface area (Å²) >= 11 is 7.42. The van der Waals surface area contributed by atoms with Gasteiger partial charge in [-0.15, -0.1) is 0 Å². The monoisotopic (exact) mass is 414 g/mol. The Morgan fingerprint density at radius 1 is 1.14 bits per heavy atom. The number of carbonyl (C=O) groups is 1. The molecule has 3 aromatic rings. The molecule has 0 aliphatic heterocycles. The van der Waals surface area contributed by atoms with Crippen LogP contribution in [0.2, 0.25) is 5.02 Å². The summed E-state index contributed by atoms with van der Waals surface area (Å²) in [7, 11) is 0. The number of para-hydroxylation sites is 1. The van der Waals surface area contributed by atoms with Gasteiger partial charge >= 0.3 is 5.97 Å². The minimum absolute atomic E-state index is 0.195. The van der Waals surface area contributed by atoms with Crippen molar-refractivity contribution in [3.05, 3.63) is 65.3 Å². The lowest BCUT2D eigenvalue weighted by Crippen LogP contribution is -2.25. The zero-order chi connectivity index (χ0) is 20.3. The number of nitrogens with zero attached hydrogens (tertiary/aromatic N) is 2. The highest BCUT2D eigenvalue weighted by atomic mass is 35.5. The van der Waals surface area contributed by atoms with E-state index in [1.165, 1.54) is 11.8 Å². The van der Waals surface area contributed by atoms with Crippen LogP contribution in [0.4, 0.5) is 0 Å². The largest absolute Gasteiger partial charge is 0.459 e. The molecular weight excluding hydrogens is 392 g/mol. The van der Waals surface area contributed by atoms with Crippen molar-refractivity contribution in [2.24, 2.45) is 0 Å². The van der Waals surface area contributed by atoms with Gasteiger partial charge in [-0.1, -0.05) is 53.7 Å². The van der Waals surface area contributed by atoms with Crippen molar-refractivity contribution in [1.29, 1.82) is 0 Å². The standard InChI is InChI=1S/C22H23ClN2O2S/c1-15-7-5-6-8-18(15)25-19(16-9-11-17(23)12-10-16)13-24-21(25)28-14-20(26)27-22(2,3)4/h5-13H,14H2,1-4H3. The van der Waals surface area contributed by atoms with Crippen LogP contribution in [0.5, 0.6) is 0 Å². The van der Waals surface area contributed by atoms with Crippen LogP contribution in [0.15, 0.2) is 59.9 Å². The first-order valence-corrected chi connectivity index (χ1v) is 10.4. The second kappa shape index (κ2) is 8.41. The Balaban J connectivity index is 1.98. The predicted octanol–water partition coefficient (Wildman–Crippen LogP) is 5.93. The fourth-order valence-corrected chi connectivity index (χ4v) is 3.69. The number of carbonyl (C=O) groups excluding carboxylic acids is 1. The lowest BCUT2D eigenvalue weighted by Gasteiger charge is -2.19. The fourth-order valence-electron chi connectivity index (χ4n) is 2.80. The van der Waals surface area contributed by atoms with Crippen LogP contribution in [-0.4, -0.2) is 26.9 Å². The molecule has 0 spiro atoms. The number of esters is 1. The molecule has 0 fully saturated rings. The van der Waals surface area contributed by atoms with Gasteiger partial charge in [-0.05, 0) is 51.5 Å². The van der Waals surface area contributed by atoms with E-state index in [0.29, 0.717) is 5.02 Å². The minimum atomic E-state index is -0.502. The molecule has 0 N–H and O–H groups in total. The molecule has 1 aromatic heterocycles. The van der Waals surface area contributed by atoms with E-state index in [1.54, 1.807) is 0 Å². The normalized spacial score (nSPS) is 11.5. The lowest BCUT2D eigenvalue weighted by atomic mass is 10.1. The van der Waals surface area contributed by atoms with Gasteiger partial charge in [0.1, 0.15) is 5.60 Å². The quantitative estimate of drug-likeness (QED) is 0.383. The van der Waals surface area contributed by atoms with Crippen molar-refractivity contribution in [3.63, 3.8) is 0 Å². The maximum Gasteiger partial charge on any atom is 0.316 e. The Bertz CT molecular complexity index is 975. The molecule has 4 nitrogen and oxygen atoms in total. The topological polar surface area (TPSA) is 44.1 Å². The van der Waals surface area contributed by atoms with Gasteiger partial charge in [0.2, 0.25) is 0 Å². The molecule has 0 amide bonds. The van der Waals surface area contributed by atoms with Gasteiger partial charge in [-0.25, -0.2) is 4.98 Å². The summed E-state index contributed by atoms with van der Waals surface area (Å²) in [6.07, 6.45) is 1.83. The number of hydrogen-bond donors (Lipinski definition) is 0. The Labute approximate surface area is 174 Å². The molecule has 0 bridgehead atoms. The Hall–Kier alpha value is -2.24. The molecule has 2 aromatic carbocycles. The van der Waals surface area contributed by atoms with Crippen LogP contribution >= 0.6 is 23.4 Å². The Kier molecular flexibility index (Phi) is 6.16. The van der Waals surface area contributed by atoms with Crippen LogP contribution in [0.25, 0.3) is 16.9 Å². The Morgan fingerprint density at radius 3 is 2.46 bits per heavy atom. The number of hydrogen-bond acceptors (Lipinski definition) is 4. The van der Waals surface area contributed by atoms with Crippen molar-refractivity contribution < 1.29 is 9.53 Å². The van der Waals surface area contributed by atoms with E-state index in [0.717, 1.165) is 27.7 Å². The molecular formula is C22H23ClN2O2S. The van der Waals surface area contributed by atoms with Gasteiger partial charge in [-0.3, -0.25) is 9.36 Å². The number of aromatic nitrogens is 2. The zero-order valence-electron chi connectivity index (χ0n) is 16.4. The van der Waals surface area contributed by atoms with Gasteiger partial charge in [0, 0.05) is 10.6 Å². The van der Waals surface area contributed by atoms with Crippen LogP contribution in [0, 0.1) is 6.92 Å². The summed E-state index contributed by atoms with van der Waals surface area (Å²) in [5.41, 5.74) is 3.59. The molecule has 146 valence electrons. The Morgan fingerprint density at radius 2 is 1.82 bits per heavy atom. The van der Waals surface area contributed by atoms with Gasteiger partial charge < -0.3 is 4.74 Å². The average molecular weight is 415 g/mol.